The molecule has 0 aliphatic heterocycles. The molecule has 0 radical (unpaired) electrons. The summed E-state index contributed by atoms with van der Waals surface area (Å²) in [5, 5.41) is 1.34. The topological polar surface area (TPSA) is 35.2 Å². The van der Waals surface area contributed by atoms with E-state index in [0.717, 1.165) is 0 Å². The zero-order chi connectivity index (χ0) is 12.4. The van der Waals surface area contributed by atoms with Gasteiger partial charge in [-0.15, -0.1) is 0 Å². The number of nitrogen functional groups attached to an aromatic ring is 1. The van der Waals surface area contributed by atoms with Crippen LogP contribution >= 0.6 is 34.8 Å². The third kappa shape index (κ3) is 2.97. The lowest BCUT2D eigenvalue weighted by Crippen LogP contribution is -1.88. The van der Waals surface area contributed by atoms with E-state index in [0.29, 0.717) is 32.3 Å². The second-order valence-corrected chi connectivity index (χ2v) is 4.59. The van der Waals surface area contributed by atoms with Crippen molar-refractivity contribution in [2.45, 2.75) is 0 Å². The van der Waals surface area contributed by atoms with E-state index in [4.69, 9.17) is 45.3 Å². The Balaban J connectivity index is 2.28. The molecule has 2 nitrogen and oxygen atoms in total. The van der Waals surface area contributed by atoms with E-state index in [9.17, 15) is 0 Å². The van der Waals surface area contributed by atoms with Gasteiger partial charge in [-0.1, -0.05) is 34.8 Å². The maximum Gasteiger partial charge on any atom is 0.146 e. The molecule has 0 spiro atoms. The number of nitrogens with two attached hydrogens (primary N) is 1. The van der Waals surface area contributed by atoms with Crippen LogP contribution < -0.4 is 10.5 Å². The molecule has 0 bridgehead atoms. The minimum Gasteiger partial charge on any atom is -0.456 e. The highest BCUT2D eigenvalue weighted by molar-refractivity contribution is 6.42. The van der Waals surface area contributed by atoms with Crippen molar-refractivity contribution in [3.05, 3.63) is 51.5 Å². The van der Waals surface area contributed by atoms with E-state index in [1.807, 2.05) is 0 Å². The minimum absolute atomic E-state index is 0.427. The largest absolute Gasteiger partial charge is 0.456 e. The van der Waals surface area contributed by atoms with Gasteiger partial charge >= 0.3 is 0 Å². The Hall–Kier alpha value is -1.09. The number of anilines is 1. The summed E-state index contributed by atoms with van der Waals surface area (Å²) in [6.45, 7) is 0. The van der Waals surface area contributed by atoms with E-state index < -0.39 is 0 Å². The van der Waals surface area contributed by atoms with Crippen LogP contribution in [0.3, 0.4) is 0 Å². The van der Waals surface area contributed by atoms with Crippen molar-refractivity contribution in [2.75, 3.05) is 5.73 Å². The first-order valence-corrected chi connectivity index (χ1v) is 5.87. The number of ether oxygens (including phenoxy) is 1. The molecular formula is C12H8Cl3NO. The zero-order valence-corrected chi connectivity index (χ0v) is 10.9. The summed E-state index contributed by atoms with van der Waals surface area (Å²) in [5.41, 5.74) is 6.17. The molecule has 0 saturated carbocycles. The van der Waals surface area contributed by atoms with Crippen LogP contribution in [0.2, 0.25) is 15.1 Å². The monoisotopic (exact) mass is 287 g/mol. The molecule has 0 unspecified atom stereocenters. The van der Waals surface area contributed by atoms with Gasteiger partial charge in [0.15, 0.2) is 0 Å². The molecule has 2 aromatic carbocycles. The maximum atomic E-state index is 5.99. The SMILES string of the molecule is Nc1ccc(Oc2ccc(Cl)c(Cl)c2)c(Cl)c1. The van der Waals surface area contributed by atoms with Crippen LogP contribution in [0.4, 0.5) is 5.69 Å². The van der Waals surface area contributed by atoms with Gasteiger partial charge in [-0.3, -0.25) is 0 Å². The van der Waals surface area contributed by atoms with Crippen LogP contribution in [0.15, 0.2) is 36.4 Å². The summed E-state index contributed by atoms with van der Waals surface area (Å²) in [7, 11) is 0. The van der Waals surface area contributed by atoms with E-state index in [2.05, 4.69) is 0 Å². The van der Waals surface area contributed by atoms with Gasteiger partial charge in [0, 0.05) is 11.8 Å². The lowest BCUT2D eigenvalue weighted by atomic mass is 10.3. The lowest BCUT2D eigenvalue weighted by Gasteiger charge is -2.08. The zero-order valence-electron chi connectivity index (χ0n) is 8.58. The van der Waals surface area contributed by atoms with E-state index in [1.165, 1.54) is 0 Å². The molecule has 5 heteroatoms. The smallest absolute Gasteiger partial charge is 0.146 e. The summed E-state index contributed by atoms with van der Waals surface area (Å²) in [6.07, 6.45) is 0. The van der Waals surface area contributed by atoms with Crippen LogP contribution in [0.5, 0.6) is 11.5 Å². The van der Waals surface area contributed by atoms with Gasteiger partial charge in [0.1, 0.15) is 11.5 Å². The first-order valence-electron chi connectivity index (χ1n) is 4.74. The van der Waals surface area contributed by atoms with Crippen molar-refractivity contribution in [1.82, 2.24) is 0 Å². The van der Waals surface area contributed by atoms with Gasteiger partial charge < -0.3 is 10.5 Å². The minimum atomic E-state index is 0.427. The first kappa shape index (κ1) is 12.4. The fourth-order valence-electron chi connectivity index (χ4n) is 1.27. The predicted octanol–water partition coefficient (Wildman–Crippen LogP) is 5.02. The predicted molar refractivity (Wildman–Crippen MR) is 72.4 cm³/mol. The summed E-state index contributed by atoms with van der Waals surface area (Å²) < 4.78 is 5.57. The lowest BCUT2D eigenvalue weighted by molar-refractivity contribution is 0.483. The molecular weight excluding hydrogens is 280 g/mol. The normalized spacial score (nSPS) is 10.3. The number of hydrogen-bond acceptors (Lipinski definition) is 2. The Labute approximate surface area is 114 Å². The average Bonchev–Trinajstić information content (AvgIpc) is 2.27. The highest BCUT2D eigenvalue weighted by Gasteiger charge is 2.05. The Bertz CT molecular complexity index is 557. The quantitative estimate of drug-likeness (QED) is 0.787. The first-order chi connectivity index (χ1) is 8.06. The number of rotatable bonds is 2. The highest BCUT2D eigenvalue weighted by Crippen LogP contribution is 2.33. The third-order valence-electron chi connectivity index (χ3n) is 2.07. The number of hydrogen-bond donors (Lipinski definition) is 1. The maximum absolute atomic E-state index is 5.99. The van der Waals surface area contributed by atoms with E-state index in [-0.39, 0.29) is 0 Å². The fourth-order valence-corrected chi connectivity index (χ4v) is 1.78. The molecule has 0 fully saturated rings. The van der Waals surface area contributed by atoms with Gasteiger partial charge in [-0.25, -0.2) is 0 Å². The molecule has 0 aliphatic carbocycles. The van der Waals surface area contributed by atoms with Gasteiger partial charge in [-0.2, -0.15) is 0 Å². The molecule has 0 aliphatic rings. The molecule has 2 aromatic rings. The Kier molecular flexibility index (Phi) is 3.67. The number of benzene rings is 2. The van der Waals surface area contributed by atoms with Gasteiger partial charge in [0.25, 0.3) is 0 Å². The summed E-state index contributed by atoms with van der Waals surface area (Å²) in [6, 6.07) is 10.0. The highest BCUT2D eigenvalue weighted by atomic mass is 35.5. The van der Waals surface area contributed by atoms with Gasteiger partial charge in [0.05, 0.1) is 15.1 Å². The van der Waals surface area contributed by atoms with Crippen molar-refractivity contribution in [3.8, 4) is 11.5 Å². The third-order valence-corrected chi connectivity index (χ3v) is 3.11. The van der Waals surface area contributed by atoms with E-state index >= 15 is 0 Å². The number of halogens is 3. The average molecular weight is 289 g/mol. The van der Waals surface area contributed by atoms with Crippen LogP contribution in [0, 0.1) is 0 Å². The van der Waals surface area contributed by atoms with Crippen LogP contribution in [0.1, 0.15) is 0 Å². The molecule has 2 N–H and O–H groups in total. The molecule has 0 atom stereocenters. The summed E-state index contributed by atoms with van der Waals surface area (Å²) in [5.74, 6) is 1.07. The van der Waals surface area contributed by atoms with Crippen molar-refractivity contribution in [2.24, 2.45) is 0 Å². The standard InChI is InChI=1S/C12H8Cl3NO/c13-9-3-2-8(6-10(9)14)17-12-4-1-7(16)5-11(12)15/h1-6H,16H2. The van der Waals surface area contributed by atoms with Gasteiger partial charge in [0.2, 0.25) is 0 Å². The van der Waals surface area contributed by atoms with Crippen molar-refractivity contribution >= 4 is 40.5 Å². The van der Waals surface area contributed by atoms with Crippen LogP contribution in [0.25, 0.3) is 0 Å². The summed E-state index contributed by atoms with van der Waals surface area (Å²) in [4.78, 5) is 0. The van der Waals surface area contributed by atoms with Crippen LogP contribution in [-0.2, 0) is 0 Å². The Morgan fingerprint density at radius 1 is 0.824 bits per heavy atom. The second kappa shape index (κ2) is 5.05. The van der Waals surface area contributed by atoms with Crippen molar-refractivity contribution in [3.63, 3.8) is 0 Å². The molecule has 0 aromatic heterocycles. The molecule has 0 heterocycles. The molecule has 17 heavy (non-hydrogen) atoms. The van der Waals surface area contributed by atoms with Crippen molar-refractivity contribution < 1.29 is 4.74 Å². The van der Waals surface area contributed by atoms with Crippen LogP contribution in [-0.4, -0.2) is 0 Å². The molecule has 0 amide bonds. The Morgan fingerprint density at radius 3 is 2.24 bits per heavy atom. The Morgan fingerprint density at radius 2 is 1.59 bits per heavy atom. The van der Waals surface area contributed by atoms with Crippen molar-refractivity contribution in [1.29, 1.82) is 0 Å². The van der Waals surface area contributed by atoms with E-state index in [1.54, 1.807) is 36.4 Å². The fraction of sp³-hybridized carbons (Fsp3) is 0. The molecule has 88 valence electrons. The second-order valence-electron chi connectivity index (χ2n) is 3.37. The molecule has 2 rings (SSSR count). The molecule has 0 saturated heterocycles. The summed E-state index contributed by atoms with van der Waals surface area (Å²) >= 11 is 17.7. The van der Waals surface area contributed by atoms with Gasteiger partial charge in [-0.05, 0) is 30.3 Å².